The number of rotatable bonds is 0. The molecular formula is C2H10Cl2SiTi. The molecule has 0 aromatic carbocycles. The second-order valence-electron chi connectivity index (χ2n) is 0. The molecule has 0 atom stereocenters. The van der Waals surface area contributed by atoms with Crippen LogP contribution in [0, 0.1) is 14.9 Å². The first-order valence-electron chi connectivity index (χ1n) is 0. The van der Waals surface area contributed by atoms with Crippen molar-refractivity contribution in [3.63, 3.8) is 0 Å². The maximum atomic E-state index is 0. The van der Waals surface area contributed by atoms with Crippen LogP contribution in [0.2, 0.25) is 0 Å². The van der Waals surface area contributed by atoms with Crippen molar-refractivity contribution in [3.05, 3.63) is 14.9 Å². The predicted molar refractivity (Wildman–Crippen MR) is 24.2 cm³/mol. The number of hydrogen-bond donors (Lipinski definition) is 0. The summed E-state index contributed by atoms with van der Waals surface area (Å²) in [6, 6.07) is 0. The van der Waals surface area contributed by atoms with Crippen LogP contribution in [0.4, 0.5) is 0 Å². The Morgan fingerprint density at radius 1 is 0.667 bits per heavy atom. The van der Waals surface area contributed by atoms with E-state index >= 15 is 0 Å². The van der Waals surface area contributed by atoms with Crippen LogP contribution in [0.15, 0.2) is 0 Å². The summed E-state index contributed by atoms with van der Waals surface area (Å²) in [6.07, 6.45) is 0. The summed E-state index contributed by atoms with van der Waals surface area (Å²) in [5, 5.41) is 0. The summed E-state index contributed by atoms with van der Waals surface area (Å²) >= 11 is 0. The SMILES string of the molecule is [CH3-].[CH3-].[Cl-].[Cl-].[SiH4].[Ti+4]. The largest absolute Gasteiger partial charge is 4.00 e. The van der Waals surface area contributed by atoms with E-state index in [9.17, 15) is 0 Å². The molecule has 0 radical (unpaired) electrons. The van der Waals surface area contributed by atoms with Crippen molar-refractivity contribution in [2.24, 2.45) is 0 Å². The Balaban J connectivity index is 0. The van der Waals surface area contributed by atoms with Gasteiger partial charge in [-0.1, -0.05) is 0 Å². The van der Waals surface area contributed by atoms with Gasteiger partial charge in [0.15, 0.2) is 0 Å². The Kier molecular flexibility index (Phi) is 2010. The molecule has 0 spiro atoms. The van der Waals surface area contributed by atoms with Crippen molar-refractivity contribution in [1.29, 1.82) is 0 Å². The second-order valence-corrected chi connectivity index (χ2v) is 0. The molecule has 0 saturated heterocycles. The van der Waals surface area contributed by atoms with Crippen LogP contribution in [-0.2, 0) is 21.7 Å². The van der Waals surface area contributed by atoms with Gasteiger partial charge in [0.2, 0.25) is 0 Å². The van der Waals surface area contributed by atoms with Crippen molar-refractivity contribution in [2.45, 2.75) is 0 Å². The monoisotopic (exact) mass is 180 g/mol. The molecule has 0 heterocycles. The third kappa shape index (κ3) is 49.1. The van der Waals surface area contributed by atoms with E-state index in [0.717, 1.165) is 0 Å². The molecule has 40 valence electrons. The summed E-state index contributed by atoms with van der Waals surface area (Å²) in [6.45, 7) is 0. The second kappa shape index (κ2) is 86.6. The van der Waals surface area contributed by atoms with E-state index in [0.29, 0.717) is 0 Å². The van der Waals surface area contributed by atoms with Crippen LogP contribution >= 0.6 is 0 Å². The van der Waals surface area contributed by atoms with Gasteiger partial charge in [-0.2, -0.15) is 0 Å². The molecule has 0 saturated carbocycles. The predicted octanol–water partition coefficient (Wildman–Crippen LogP) is -6.55. The van der Waals surface area contributed by atoms with Gasteiger partial charge < -0.3 is 39.7 Å². The van der Waals surface area contributed by atoms with E-state index in [1.807, 2.05) is 0 Å². The number of hydrogen-bond acceptors (Lipinski definition) is 0. The maximum absolute atomic E-state index is 0. The maximum Gasteiger partial charge on any atom is 4.00 e. The first-order chi connectivity index (χ1) is 0. The quantitative estimate of drug-likeness (QED) is 0.257. The minimum atomic E-state index is 0. The van der Waals surface area contributed by atoms with Crippen molar-refractivity contribution in [1.82, 2.24) is 0 Å². The van der Waals surface area contributed by atoms with Gasteiger partial charge in [-0.25, -0.2) is 0 Å². The van der Waals surface area contributed by atoms with Crippen molar-refractivity contribution >= 4 is 11.0 Å². The molecule has 0 N–H and O–H groups in total. The molecule has 0 nitrogen and oxygen atoms in total. The average molecular weight is 181 g/mol. The Hall–Kier alpha value is 1.51. The molecule has 0 aliphatic rings. The fraction of sp³-hybridized carbons (Fsp3) is 0. The first kappa shape index (κ1) is 139. The van der Waals surface area contributed by atoms with Gasteiger partial charge in [0.1, 0.15) is 0 Å². The van der Waals surface area contributed by atoms with E-state index in [2.05, 4.69) is 0 Å². The standard InChI is InChI=1S/2CH3.2ClH.H4Si.Ti/h2*1H3;2*1H;1H4;/q2*-1;;;;+4/p-2. The molecule has 0 aliphatic carbocycles. The van der Waals surface area contributed by atoms with Gasteiger partial charge in [-0.05, 0) is 11.0 Å². The van der Waals surface area contributed by atoms with E-state index in [1.54, 1.807) is 0 Å². The average Bonchev–Trinajstić information content (AvgIpc) is 0. The fourth-order valence-corrected chi connectivity index (χ4v) is 0. The van der Waals surface area contributed by atoms with Gasteiger partial charge in [0.25, 0.3) is 0 Å². The van der Waals surface area contributed by atoms with Crippen molar-refractivity contribution in [2.75, 3.05) is 0 Å². The van der Waals surface area contributed by atoms with Crippen LogP contribution < -0.4 is 24.8 Å². The molecule has 0 unspecified atom stereocenters. The van der Waals surface area contributed by atoms with Gasteiger partial charge >= 0.3 is 21.7 Å². The van der Waals surface area contributed by atoms with E-state index in [1.165, 1.54) is 0 Å². The van der Waals surface area contributed by atoms with Crippen LogP contribution in [-0.4, -0.2) is 11.0 Å². The molecule has 0 rings (SSSR count). The molecule has 0 fully saturated rings. The molecule has 0 amide bonds. The normalized spacial score (nSPS) is 0. The van der Waals surface area contributed by atoms with E-state index in [4.69, 9.17) is 0 Å². The molecule has 0 aromatic rings. The van der Waals surface area contributed by atoms with E-state index in [-0.39, 0.29) is 72.4 Å². The van der Waals surface area contributed by atoms with Gasteiger partial charge in [-0.15, -0.1) is 0 Å². The zero-order valence-electron chi connectivity index (χ0n) is 3.26. The summed E-state index contributed by atoms with van der Waals surface area (Å²) in [5.74, 6) is 0. The molecular weight excluding hydrogens is 171 g/mol. The topological polar surface area (TPSA) is 0 Å². The van der Waals surface area contributed by atoms with Crippen LogP contribution in [0.1, 0.15) is 0 Å². The zero-order valence-corrected chi connectivity index (χ0v) is 6.33. The molecule has 4 heteroatoms. The Labute approximate surface area is 72.2 Å². The Morgan fingerprint density at radius 3 is 0.667 bits per heavy atom. The smallest absolute Gasteiger partial charge is 1.00 e. The third-order valence-electron chi connectivity index (χ3n) is 0. The summed E-state index contributed by atoms with van der Waals surface area (Å²) in [4.78, 5) is 0. The van der Waals surface area contributed by atoms with Crippen molar-refractivity contribution in [3.8, 4) is 0 Å². The zero-order chi connectivity index (χ0) is 0. The minimum Gasteiger partial charge on any atom is -1.00 e. The molecule has 6 heavy (non-hydrogen) atoms. The summed E-state index contributed by atoms with van der Waals surface area (Å²) in [5.41, 5.74) is 0. The molecule has 0 bridgehead atoms. The third-order valence-corrected chi connectivity index (χ3v) is 0. The van der Waals surface area contributed by atoms with Gasteiger partial charge in [-0.3, -0.25) is 0 Å². The molecule has 0 aromatic heterocycles. The van der Waals surface area contributed by atoms with Crippen LogP contribution in [0.3, 0.4) is 0 Å². The van der Waals surface area contributed by atoms with Gasteiger partial charge in [0.05, 0.1) is 0 Å². The Bertz CT molecular complexity index is 11.5. The molecule has 0 aliphatic heterocycles. The first-order valence-corrected chi connectivity index (χ1v) is 0. The fourth-order valence-electron chi connectivity index (χ4n) is 0. The minimum absolute atomic E-state index is 0. The van der Waals surface area contributed by atoms with Gasteiger partial charge in [0, 0.05) is 0 Å². The summed E-state index contributed by atoms with van der Waals surface area (Å²) in [7, 11) is 0. The van der Waals surface area contributed by atoms with E-state index < -0.39 is 0 Å². The number of halogens is 2. The van der Waals surface area contributed by atoms with Crippen molar-refractivity contribution < 1.29 is 46.5 Å². The summed E-state index contributed by atoms with van der Waals surface area (Å²) < 4.78 is 0. The van der Waals surface area contributed by atoms with Crippen LogP contribution in [0.5, 0.6) is 0 Å². The van der Waals surface area contributed by atoms with Crippen LogP contribution in [0.25, 0.3) is 0 Å². The Morgan fingerprint density at radius 2 is 0.667 bits per heavy atom.